The molecule has 0 saturated carbocycles. The molecule has 1 aromatic carbocycles. The van der Waals surface area contributed by atoms with Crippen molar-refractivity contribution in [1.29, 1.82) is 0 Å². The lowest BCUT2D eigenvalue weighted by molar-refractivity contribution is -0.136. The van der Waals surface area contributed by atoms with Crippen LogP contribution < -0.4 is 10.6 Å². The number of hydrogen-bond donors (Lipinski definition) is 3. The number of urea groups is 1. The second kappa shape index (κ2) is 7.39. The number of amides is 4. The van der Waals surface area contributed by atoms with Crippen LogP contribution in [-0.4, -0.2) is 53.5 Å². The molecule has 2 rings (SSSR count). The summed E-state index contributed by atoms with van der Waals surface area (Å²) in [6.45, 7) is 0.521. The van der Waals surface area contributed by atoms with Crippen LogP contribution in [0.15, 0.2) is 24.3 Å². The fraction of sp³-hybridized carbons (Fsp3) is 0.333. The molecule has 8 heteroatoms. The van der Waals surface area contributed by atoms with Gasteiger partial charge in [0.05, 0.1) is 17.5 Å². The second-order valence-corrected chi connectivity index (χ2v) is 4.99. The van der Waals surface area contributed by atoms with Crippen LogP contribution in [0.3, 0.4) is 0 Å². The zero-order chi connectivity index (χ0) is 16.8. The van der Waals surface area contributed by atoms with E-state index in [0.717, 1.165) is 4.90 Å². The monoisotopic (exact) mass is 319 g/mol. The highest BCUT2D eigenvalue weighted by Gasteiger charge is 2.34. The smallest absolute Gasteiger partial charge is 0.314 e. The highest BCUT2D eigenvalue weighted by molar-refractivity contribution is 6.21. The van der Waals surface area contributed by atoms with Gasteiger partial charge in [0.1, 0.15) is 0 Å². The first-order valence-corrected chi connectivity index (χ1v) is 7.19. The van der Waals surface area contributed by atoms with Crippen LogP contribution in [0.4, 0.5) is 4.79 Å². The van der Waals surface area contributed by atoms with Crippen LogP contribution in [0.2, 0.25) is 0 Å². The van der Waals surface area contributed by atoms with E-state index in [1.54, 1.807) is 24.3 Å². The molecule has 0 atom stereocenters. The van der Waals surface area contributed by atoms with Gasteiger partial charge in [0.25, 0.3) is 11.8 Å². The van der Waals surface area contributed by atoms with E-state index in [9.17, 15) is 19.2 Å². The molecule has 0 radical (unpaired) electrons. The highest BCUT2D eigenvalue weighted by atomic mass is 16.4. The highest BCUT2D eigenvalue weighted by Crippen LogP contribution is 2.22. The minimum Gasteiger partial charge on any atom is -0.481 e. The molecule has 0 fully saturated rings. The Hall–Kier alpha value is -2.90. The summed E-state index contributed by atoms with van der Waals surface area (Å²) < 4.78 is 0. The van der Waals surface area contributed by atoms with Gasteiger partial charge in [-0.2, -0.15) is 0 Å². The molecular weight excluding hydrogens is 302 g/mol. The van der Waals surface area contributed by atoms with Crippen LogP contribution in [0.5, 0.6) is 0 Å². The number of carbonyl (C=O) groups excluding carboxylic acids is 3. The zero-order valence-electron chi connectivity index (χ0n) is 12.4. The van der Waals surface area contributed by atoms with E-state index in [1.165, 1.54) is 0 Å². The Labute approximate surface area is 132 Å². The van der Waals surface area contributed by atoms with Crippen LogP contribution in [0.25, 0.3) is 0 Å². The summed E-state index contributed by atoms with van der Waals surface area (Å²) >= 11 is 0. The van der Waals surface area contributed by atoms with Gasteiger partial charge in [-0.05, 0) is 18.6 Å². The van der Waals surface area contributed by atoms with Gasteiger partial charge in [0, 0.05) is 19.6 Å². The van der Waals surface area contributed by atoms with Crippen molar-refractivity contribution in [2.24, 2.45) is 0 Å². The summed E-state index contributed by atoms with van der Waals surface area (Å²) in [4.78, 5) is 47.0. The van der Waals surface area contributed by atoms with E-state index in [0.29, 0.717) is 17.5 Å². The molecule has 4 amide bonds. The number of imide groups is 1. The van der Waals surface area contributed by atoms with Crippen molar-refractivity contribution in [2.45, 2.75) is 12.8 Å². The number of aliphatic carboxylic acids is 1. The Morgan fingerprint density at radius 1 is 1.00 bits per heavy atom. The van der Waals surface area contributed by atoms with Crippen molar-refractivity contribution in [3.63, 3.8) is 0 Å². The molecular formula is C15H17N3O5. The Bertz CT molecular complexity index is 609. The molecule has 3 N–H and O–H groups in total. The molecule has 8 nitrogen and oxygen atoms in total. The van der Waals surface area contributed by atoms with Crippen molar-refractivity contribution in [3.05, 3.63) is 35.4 Å². The average molecular weight is 319 g/mol. The topological polar surface area (TPSA) is 116 Å². The van der Waals surface area contributed by atoms with Crippen LogP contribution in [-0.2, 0) is 4.79 Å². The maximum absolute atomic E-state index is 12.1. The van der Waals surface area contributed by atoms with Crippen LogP contribution in [0.1, 0.15) is 33.6 Å². The van der Waals surface area contributed by atoms with Crippen molar-refractivity contribution in [2.75, 3.05) is 19.6 Å². The Morgan fingerprint density at radius 2 is 1.57 bits per heavy atom. The van der Waals surface area contributed by atoms with E-state index in [4.69, 9.17) is 5.11 Å². The molecule has 1 heterocycles. The number of nitrogens with zero attached hydrogens (tertiary/aromatic N) is 1. The van der Waals surface area contributed by atoms with Crippen LogP contribution in [0, 0.1) is 0 Å². The molecule has 1 aromatic rings. The Morgan fingerprint density at radius 3 is 2.13 bits per heavy atom. The lowest BCUT2D eigenvalue weighted by Gasteiger charge is -2.14. The van der Waals surface area contributed by atoms with Crippen molar-refractivity contribution in [1.82, 2.24) is 15.5 Å². The zero-order valence-corrected chi connectivity index (χ0v) is 12.4. The third kappa shape index (κ3) is 4.06. The molecule has 1 aliphatic rings. The minimum absolute atomic E-state index is 0.0412. The molecule has 0 aromatic heterocycles. The molecule has 0 unspecified atom stereocenters. The predicted molar refractivity (Wildman–Crippen MR) is 80.1 cm³/mol. The van der Waals surface area contributed by atoms with Gasteiger partial charge in [-0.1, -0.05) is 12.1 Å². The van der Waals surface area contributed by atoms with Gasteiger partial charge in [0.15, 0.2) is 0 Å². The summed E-state index contributed by atoms with van der Waals surface area (Å²) in [6, 6.07) is 6.16. The third-order valence-corrected chi connectivity index (χ3v) is 3.35. The molecule has 0 spiro atoms. The molecule has 1 aliphatic heterocycles. The minimum atomic E-state index is -0.990. The number of benzene rings is 1. The summed E-state index contributed by atoms with van der Waals surface area (Å²) in [5.74, 6) is -1.64. The number of carbonyl (C=O) groups is 4. The Balaban J connectivity index is 1.71. The number of hydrogen-bond acceptors (Lipinski definition) is 4. The fourth-order valence-electron chi connectivity index (χ4n) is 2.23. The molecule has 0 aliphatic carbocycles. The lowest BCUT2D eigenvalue weighted by atomic mass is 10.1. The molecule has 0 saturated heterocycles. The summed E-state index contributed by atoms with van der Waals surface area (Å²) in [7, 11) is 0. The van der Waals surface area contributed by atoms with Crippen molar-refractivity contribution >= 4 is 23.8 Å². The van der Waals surface area contributed by atoms with Gasteiger partial charge < -0.3 is 15.7 Å². The SMILES string of the molecule is O=C(O)CCNC(=O)NCCCN1C(=O)c2ccccc2C1=O. The first kappa shape index (κ1) is 16.5. The van der Waals surface area contributed by atoms with Crippen LogP contribution >= 0.6 is 0 Å². The summed E-state index contributed by atoms with van der Waals surface area (Å²) in [5.41, 5.74) is 0.800. The maximum Gasteiger partial charge on any atom is 0.314 e. The van der Waals surface area contributed by atoms with Gasteiger partial charge in [-0.25, -0.2) is 4.79 Å². The first-order chi connectivity index (χ1) is 11.0. The molecule has 23 heavy (non-hydrogen) atoms. The molecule has 0 bridgehead atoms. The third-order valence-electron chi connectivity index (χ3n) is 3.35. The van der Waals surface area contributed by atoms with E-state index in [1.807, 2.05) is 0 Å². The van der Waals surface area contributed by atoms with E-state index in [2.05, 4.69) is 10.6 Å². The normalized spacial score (nSPS) is 13.0. The van der Waals surface area contributed by atoms with E-state index < -0.39 is 12.0 Å². The predicted octanol–water partition coefficient (Wildman–Crippen LogP) is 0.447. The largest absolute Gasteiger partial charge is 0.481 e. The van der Waals surface area contributed by atoms with Gasteiger partial charge in [-0.15, -0.1) is 0 Å². The first-order valence-electron chi connectivity index (χ1n) is 7.19. The number of nitrogens with one attached hydrogen (secondary N) is 2. The van der Waals surface area contributed by atoms with Gasteiger partial charge in [0.2, 0.25) is 0 Å². The lowest BCUT2D eigenvalue weighted by Crippen LogP contribution is -2.38. The van der Waals surface area contributed by atoms with Gasteiger partial charge >= 0.3 is 12.0 Å². The molecule has 122 valence electrons. The van der Waals surface area contributed by atoms with Crippen molar-refractivity contribution in [3.8, 4) is 0 Å². The Kier molecular flexibility index (Phi) is 5.29. The standard InChI is InChI=1S/C15H17N3O5/c19-12(20)6-8-17-15(23)16-7-3-9-18-13(21)10-4-1-2-5-11(10)14(18)22/h1-2,4-5H,3,6-9H2,(H,19,20)(H2,16,17,23). The summed E-state index contributed by atoms with van der Waals surface area (Å²) in [6.07, 6.45) is 0.264. The number of carboxylic acids is 1. The number of fused-ring (bicyclic) bond motifs is 1. The van der Waals surface area contributed by atoms with E-state index in [-0.39, 0.29) is 37.9 Å². The maximum atomic E-state index is 12.1. The van der Waals surface area contributed by atoms with Gasteiger partial charge in [-0.3, -0.25) is 19.3 Å². The fourth-order valence-corrected chi connectivity index (χ4v) is 2.23. The quantitative estimate of drug-likeness (QED) is 0.498. The summed E-state index contributed by atoms with van der Waals surface area (Å²) in [5, 5.41) is 13.4. The number of rotatable bonds is 7. The van der Waals surface area contributed by atoms with E-state index >= 15 is 0 Å². The number of carboxylic acid groups (broad SMARTS) is 1. The van der Waals surface area contributed by atoms with Crippen molar-refractivity contribution < 1.29 is 24.3 Å². The average Bonchev–Trinajstić information content (AvgIpc) is 2.76. The second-order valence-electron chi connectivity index (χ2n) is 4.99.